The van der Waals surface area contributed by atoms with Gasteiger partial charge in [-0.25, -0.2) is 9.59 Å². The lowest BCUT2D eigenvalue weighted by molar-refractivity contribution is -0.969. The zero-order valence-corrected chi connectivity index (χ0v) is 23.6. The van der Waals surface area contributed by atoms with Gasteiger partial charge in [0.25, 0.3) is 0 Å². The summed E-state index contributed by atoms with van der Waals surface area (Å²) in [5.41, 5.74) is 0. The lowest BCUT2D eigenvalue weighted by Crippen LogP contribution is -2.72. The van der Waals surface area contributed by atoms with Crippen molar-refractivity contribution < 1.29 is 34.2 Å². The van der Waals surface area contributed by atoms with Crippen molar-refractivity contribution in [1.82, 2.24) is 0 Å². The van der Waals surface area contributed by atoms with E-state index < -0.39 is 40.5 Å². The molecule has 0 fully saturated rings. The third-order valence-corrected chi connectivity index (χ3v) is 8.12. The lowest BCUT2D eigenvalue weighted by Gasteiger charge is -2.49. The molecule has 7 nitrogen and oxygen atoms in total. The second kappa shape index (κ2) is 20.4. The van der Waals surface area contributed by atoms with E-state index >= 15 is 0 Å². The molecule has 0 amide bonds. The van der Waals surface area contributed by atoms with E-state index in [-0.39, 0.29) is 6.54 Å². The van der Waals surface area contributed by atoms with Crippen LogP contribution in [0.1, 0.15) is 143 Å². The Bertz CT molecular complexity index is 558. The number of carboxylic acid groups (broad SMARTS) is 3. The predicted octanol–water partition coefficient (Wildman–Crippen LogP) is 5.93. The molecule has 3 unspecified atom stereocenters. The highest BCUT2D eigenvalue weighted by molar-refractivity contribution is 5.76. The fourth-order valence-electron chi connectivity index (χ4n) is 5.48. The smallest absolute Gasteiger partial charge is 0.362 e. The Morgan fingerprint density at radius 2 is 0.833 bits per heavy atom. The van der Waals surface area contributed by atoms with Crippen LogP contribution in [0.4, 0.5) is 0 Å². The predicted molar refractivity (Wildman–Crippen MR) is 143 cm³/mol. The molecule has 7 heteroatoms. The molecule has 0 rings (SSSR count). The van der Waals surface area contributed by atoms with Gasteiger partial charge in [-0.3, -0.25) is 4.48 Å². The summed E-state index contributed by atoms with van der Waals surface area (Å²) in [5.74, 6) is -3.81. The Morgan fingerprint density at radius 3 is 1.08 bits per heavy atom. The minimum Gasteiger partial charge on any atom is -0.544 e. The van der Waals surface area contributed by atoms with Crippen LogP contribution in [0.5, 0.6) is 0 Å². The summed E-state index contributed by atoms with van der Waals surface area (Å²) in [6.45, 7) is 6.61. The third-order valence-electron chi connectivity index (χ3n) is 8.12. The van der Waals surface area contributed by atoms with E-state index in [1.165, 1.54) is 111 Å². The van der Waals surface area contributed by atoms with Crippen molar-refractivity contribution in [3.05, 3.63) is 0 Å². The van der Waals surface area contributed by atoms with Crippen molar-refractivity contribution in [3.63, 3.8) is 0 Å². The van der Waals surface area contributed by atoms with Gasteiger partial charge in [0.1, 0.15) is 6.04 Å². The van der Waals surface area contributed by atoms with Gasteiger partial charge in [0.15, 0.2) is 12.1 Å². The number of carboxylic acids is 3. The zero-order chi connectivity index (χ0) is 27.4. The summed E-state index contributed by atoms with van der Waals surface area (Å²) in [7, 11) is 0. The first kappa shape index (κ1) is 34.4. The van der Waals surface area contributed by atoms with Crippen LogP contribution >= 0.6 is 0 Å². The number of carbonyl (C=O) groups excluding carboxylic acids is 1. The fourth-order valence-corrected chi connectivity index (χ4v) is 5.48. The Morgan fingerprint density at radius 1 is 0.556 bits per heavy atom. The van der Waals surface area contributed by atoms with E-state index in [2.05, 4.69) is 6.92 Å². The third kappa shape index (κ3) is 13.1. The summed E-state index contributed by atoms with van der Waals surface area (Å²) >= 11 is 0. The summed E-state index contributed by atoms with van der Waals surface area (Å²) < 4.78 is -0.536. The van der Waals surface area contributed by atoms with E-state index in [0.717, 1.165) is 19.3 Å². The molecule has 0 bridgehead atoms. The standard InChI is InChI=1S/C29H55NO6/c1-5-6-7-8-9-10-11-12-13-14-15-16-17-18-19-20-21-22-23-30(24(2)27(31)32,25(3)28(33)34)26(4)29(35)36/h24-26H,5-23H2,1-4H3,(H2-,31,32,33,34,35,36). The molecule has 0 aromatic heterocycles. The first-order valence-corrected chi connectivity index (χ1v) is 14.7. The number of rotatable bonds is 25. The van der Waals surface area contributed by atoms with Crippen molar-refractivity contribution >= 4 is 17.9 Å². The molecule has 3 atom stereocenters. The van der Waals surface area contributed by atoms with Crippen LogP contribution in [0.2, 0.25) is 0 Å². The molecular weight excluding hydrogens is 458 g/mol. The van der Waals surface area contributed by atoms with Crippen LogP contribution in [0.3, 0.4) is 0 Å². The maximum atomic E-state index is 11.8. The van der Waals surface area contributed by atoms with E-state index in [4.69, 9.17) is 0 Å². The van der Waals surface area contributed by atoms with Crippen LogP contribution in [0, 0.1) is 0 Å². The average Bonchev–Trinajstić information content (AvgIpc) is 2.84. The Labute approximate surface area is 220 Å². The van der Waals surface area contributed by atoms with Gasteiger partial charge < -0.3 is 20.1 Å². The van der Waals surface area contributed by atoms with E-state index in [9.17, 15) is 29.7 Å². The number of unbranched alkanes of at least 4 members (excludes halogenated alkanes) is 17. The number of hydrogen-bond donors (Lipinski definition) is 2. The molecule has 0 aliphatic rings. The zero-order valence-electron chi connectivity index (χ0n) is 23.6. The molecule has 0 aromatic rings. The molecule has 36 heavy (non-hydrogen) atoms. The molecular formula is C29H55NO6. The van der Waals surface area contributed by atoms with Gasteiger partial charge in [-0.15, -0.1) is 0 Å². The number of quaternary nitrogens is 1. The van der Waals surface area contributed by atoms with Crippen LogP contribution in [0.15, 0.2) is 0 Å². The lowest BCUT2D eigenvalue weighted by atomic mass is 9.99. The number of carbonyl (C=O) groups is 3. The average molecular weight is 514 g/mol. The summed E-state index contributed by atoms with van der Waals surface area (Å²) in [6, 6.07) is -3.54. The molecule has 0 radical (unpaired) electrons. The number of aliphatic carboxylic acids is 3. The molecule has 0 aliphatic heterocycles. The van der Waals surface area contributed by atoms with Gasteiger partial charge in [-0.05, 0) is 33.6 Å². The normalized spacial score (nSPS) is 15.7. The van der Waals surface area contributed by atoms with Gasteiger partial charge in [0, 0.05) is 0 Å². The van der Waals surface area contributed by atoms with Crippen LogP contribution in [-0.4, -0.2) is 57.3 Å². The van der Waals surface area contributed by atoms with Crippen molar-refractivity contribution in [3.8, 4) is 0 Å². The van der Waals surface area contributed by atoms with Gasteiger partial charge in [-0.2, -0.15) is 0 Å². The van der Waals surface area contributed by atoms with Crippen molar-refractivity contribution in [2.24, 2.45) is 0 Å². The Balaban J connectivity index is 4.14. The van der Waals surface area contributed by atoms with Crippen LogP contribution < -0.4 is 5.11 Å². The minimum atomic E-state index is -1.42. The highest BCUT2D eigenvalue weighted by Gasteiger charge is 2.50. The second-order valence-corrected chi connectivity index (χ2v) is 10.8. The maximum absolute atomic E-state index is 11.8. The van der Waals surface area contributed by atoms with Crippen molar-refractivity contribution in [2.75, 3.05) is 6.54 Å². The van der Waals surface area contributed by atoms with E-state index in [1.54, 1.807) is 0 Å². The van der Waals surface area contributed by atoms with E-state index in [1.807, 2.05) is 0 Å². The van der Waals surface area contributed by atoms with Crippen LogP contribution in [-0.2, 0) is 14.4 Å². The van der Waals surface area contributed by atoms with Gasteiger partial charge >= 0.3 is 11.9 Å². The molecule has 2 N–H and O–H groups in total. The summed E-state index contributed by atoms with van der Waals surface area (Å²) in [6.07, 6.45) is 22.2. The molecule has 0 aromatic carbocycles. The highest BCUT2D eigenvalue weighted by atomic mass is 16.4. The molecule has 0 heterocycles. The molecule has 0 aliphatic carbocycles. The largest absolute Gasteiger partial charge is 0.544 e. The second-order valence-electron chi connectivity index (χ2n) is 10.8. The number of hydrogen-bond acceptors (Lipinski definition) is 4. The van der Waals surface area contributed by atoms with Crippen LogP contribution in [0.25, 0.3) is 0 Å². The fraction of sp³-hybridized carbons (Fsp3) is 0.897. The Kier molecular flexibility index (Phi) is 19.5. The Hall–Kier alpha value is -1.63. The number of nitrogens with zero attached hydrogens (tertiary/aromatic N) is 1. The summed E-state index contributed by atoms with van der Waals surface area (Å²) in [4.78, 5) is 35.2. The van der Waals surface area contributed by atoms with Crippen molar-refractivity contribution in [2.45, 2.75) is 161 Å². The molecule has 0 saturated heterocycles. The topological polar surface area (TPSA) is 115 Å². The van der Waals surface area contributed by atoms with Gasteiger partial charge in [0.2, 0.25) is 0 Å². The van der Waals surface area contributed by atoms with E-state index in [0.29, 0.717) is 6.42 Å². The van der Waals surface area contributed by atoms with Gasteiger partial charge in [-0.1, -0.05) is 110 Å². The summed E-state index contributed by atoms with van der Waals surface area (Å²) in [5, 5.41) is 30.9. The molecule has 0 saturated carbocycles. The maximum Gasteiger partial charge on any atom is 0.362 e. The quantitative estimate of drug-likeness (QED) is 0.115. The first-order chi connectivity index (χ1) is 17.1. The monoisotopic (exact) mass is 513 g/mol. The minimum absolute atomic E-state index is 0.189. The van der Waals surface area contributed by atoms with Gasteiger partial charge in [0.05, 0.1) is 12.5 Å². The first-order valence-electron chi connectivity index (χ1n) is 14.7. The molecule has 212 valence electrons. The SMILES string of the molecule is CCCCCCCCCCCCCCCCCCCC[N+](C(C)C(=O)[O-])(C(C)C(=O)O)C(C)C(=O)O. The molecule has 0 spiro atoms. The highest BCUT2D eigenvalue weighted by Crippen LogP contribution is 2.27. The van der Waals surface area contributed by atoms with Crippen molar-refractivity contribution in [1.29, 1.82) is 0 Å².